The van der Waals surface area contributed by atoms with Crippen LogP contribution in [0.1, 0.15) is 0 Å². The van der Waals surface area contributed by atoms with E-state index in [2.05, 4.69) is 4.98 Å². The van der Waals surface area contributed by atoms with E-state index >= 15 is 0 Å². The van der Waals surface area contributed by atoms with Gasteiger partial charge >= 0.3 is 5.69 Å². The Bertz CT molecular complexity index is 512. The predicted molar refractivity (Wildman–Crippen MR) is 52.1 cm³/mol. The second-order valence-electron chi connectivity index (χ2n) is 3.06. The first-order valence-electron chi connectivity index (χ1n) is 4.37. The van der Waals surface area contributed by atoms with Gasteiger partial charge in [0.2, 0.25) is 0 Å². The zero-order valence-corrected chi connectivity index (χ0v) is 7.84. The number of aliphatic hydroxyl groups excluding tert-OH is 1. The second kappa shape index (κ2) is 3.26. The van der Waals surface area contributed by atoms with Crippen LogP contribution in [0.15, 0.2) is 23.1 Å². The molecule has 0 aromatic carbocycles. The van der Waals surface area contributed by atoms with Crippen molar-refractivity contribution in [2.24, 2.45) is 7.05 Å². The summed E-state index contributed by atoms with van der Waals surface area (Å²) in [6.07, 6.45) is 1.63. The van der Waals surface area contributed by atoms with Crippen molar-refractivity contribution >= 4 is 11.2 Å². The highest BCUT2D eigenvalue weighted by molar-refractivity contribution is 5.71. The van der Waals surface area contributed by atoms with Crippen molar-refractivity contribution in [1.82, 2.24) is 14.1 Å². The average Bonchev–Trinajstić information content (AvgIpc) is 2.45. The summed E-state index contributed by atoms with van der Waals surface area (Å²) in [5.74, 6) is 0. The Kier molecular flexibility index (Phi) is 2.09. The Balaban J connectivity index is 2.81. The molecule has 0 spiro atoms. The second-order valence-corrected chi connectivity index (χ2v) is 3.06. The van der Waals surface area contributed by atoms with E-state index in [1.165, 1.54) is 9.13 Å². The van der Waals surface area contributed by atoms with Crippen molar-refractivity contribution in [3.05, 3.63) is 28.8 Å². The van der Waals surface area contributed by atoms with E-state index in [9.17, 15) is 4.79 Å². The molecule has 0 fully saturated rings. The van der Waals surface area contributed by atoms with Crippen molar-refractivity contribution in [3.8, 4) is 0 Å². The minimum atomic E-state index is -0.146. The molecule has 0 aliphatic carbocycles. The summed E-state index contributed by atoms with van der Waals surface area (Å²) >= 11 is 0. The largest absolute Gasteiger partial charge is 0.395 e. The maximum absolute atomic E-state index is 11.7. The average molecular weight is 193 g/mol. The molecule has 0 amide bonds. The van der Waals surface area contributed by atoms with Crippen LogP contribution in [0.3, 0.4) is 0 Å². The van der Waals surface area contributed by atoms with E-state index < -0.39 is 0 Å². The molecule has 2 aromatic rings. The van der Waals surface area contributed by atoms with E-state index in [1.54, 1.807) is 19.3 Å². The van der Waals surface area contributed by atoms with Gasteiger partial charge in [0.05, 0.1) is 18.7 Å². The molecule has 0 bridgehead atoms. The lowest BCUT2D eigenvalue weighted by atomic mass is 10.4. The molecule has 0 saturated carbocycles. The Labute approximate surface area is 80.2 Å². The normalized spacial score (nSPS) is 11.0. The molecule has 0 radical (unpaired) electrons. The van der Waals surface area contributed by atoms with Crippen molar-refractivity contribution in [3.63, 3.8) is 0 Å². The van der Waals surface area contributed by atoms with E-state index in [1.807, 2.05) is 6.07 Å². The maximum atomic E-state index is 11.7. The van der Waals surface area contributed by atoms with Gasteiger partial charge in [-0.2, -0.15) is 0 Å². The third-order valence-electron chi connectivity index (χ3n) is 2.22. The molecule has 0 aliphatic heterocycles. The fraction of sp³-hybridized carbons (Fsp3) is 0.333. The van der Waals surface area contributed by atoms with Crippen LogP contribution in [0, 0.1) is 0 Å². The lowest BCUT2D eigenvalue weighted by molar-refractivity contribution is 0.275. The van der Waals surface area contributed by atoms with Gasteiger partial charge in [0.15, 0.2) is 5.65 Å². The number of imidazole rings is 1. The SMILES string of the molecule is Cn1c(=O)n(CCO)c2ncccc21. The van der Waals surface area contributed by atoms with E-state index in [-0.39, 0.29) is 18.8 Å². The summed E-state index contributed by atoms with van der Waals surface area (Å²) in [7, 11) is 1.69. The summed E-state index contributed by atoms with van der Waals surface area (Å²) in [4.78, 5) is 15.8. The molecule has 5 heteroatoms. The Morgan fingerprint density at radius 3 is 3.07 bits per heavy atom. The van der Waals surface area contributed by atoms with Crippen LogP contribution in [0.2, 0.25) is 0 Å². The molecule has 0 unspecified atom stereocenters. The van der Waals surface area contributed by atoms with Crippen molar-refractivity contribution in [1.29, 1.82) is 0 Å². The summed E-state index contributed by atoms with van der Waals surface area (Å²) in [6.45, 7) is 0.225. The maximum Gasteiger partial charge on any atom is 0.330 e. The summed E-state index contributed by atoms with van der Waals surface area (Å²) in [5, 5.41) is 8.82. The molecule has 2 rings (SSSR count). The first-order chi connectivity index (χ1) is 6.75. The molecule has 0 atom stereocenters. The van der Waals surface area contributed by atoms with E-state index in [0.29, 0.717) is 5.65 Å². The number of hydrogen-bond acceptors (Lipinski definition) is 3. The predicted octanol–water partition coefficient (Wildman–Crippen LogP) is -0.273. The molecule has 5 nitrogen and oxygen atoms in total. The van der Waals surface area contributed by atoms with Gasteiger partial charge in [0.1, 0.15) is 0 Å². The van der Waals surface area contributed by atoms with Gasteiger partial charge in [0, 0.05) is 13.2 Å². The fourth-order valence-electron chi connectivity index (χ4n) is 1.53. The third kappa shape index (κ3) is 1.13. The van der Waals surface area contributed by atoms with Gasteiger partial charge in [-0.25, -0.2) is 9.78 Å². The molecular formula is C9H11N3O2. The minimum Gasteiger partial charge on any atom is -0.395 e. The third-order valence-corrected chi connectivity index (χ3v) is 2.22. The Morgan fingerprint density at radius 1 is 1.57 bits per heavy atom. The highest BCUT2D eigenvalue weighted by Crippen LogP contribution is 2.07. The van der Waals surface area contributed by atoms with Crippen LogP contribution in [-0.2, 0) is 13.6 Å². The van der Waals surface area contributed by atoms with Crippen LogP contribution in [0.4, 0.5) is 0 Å². The number of fused-ring (bicyclic) bond motifs is 1. The number of aliphatic hydroxyl groups is 1. The van der Waals surface area contributed by atoms with Gasteiger partial charge in [-0.3, -0.25) is 9.13 Å². The molecule has 14 heavy (non-hydrogen) atoms. The molecule has 0 aliphatic rings. The highest BCUT2D eigenvalue weighted by Gasteiger charge is 2.09. The summed E-state index contributed by atoms with van der Waals surface area (Å²) in [6, 6.07) is 3.61. The molecule has 2 aromatic heterocycles. The van der Waals surface area contributed by atoms with Gasteiger partial charge in [-0.1, -0.05) is 0 Å². The van der Waals surface area contributed by atoms with Crippen molar-refractivity contribution in [2.45, 2.75) is 6.54 Å². The number of rotatable bonds is 2. The van der Waals surface area contributed by atoms with Crippen molar-refractivity contribution in [2.75, 3.05) is 6.61 Å². The highest BCUT2D eigenvalue weighted by atomic mass is 16.3. The number of pyridine rings is 1. The summed E-state index contributed by atoms with van der Waals surface area (Å²) in [5.41, 5.74) is 1.26. The van der Waals surface area contributed by atoms with E-state index in [0.717, 1.165) is 5.52 Å². The zero-order valence-electron chi connectivity index (χ0n) is 7.84. The summed E-state index contributed by atoms with van der Waals surface area (Å²) < 4.78 is 2.99. The van der Waals surface area contributed by atoms with E-state index in [4.69, 9.17) is 5.11 Å². The van der Waals surface area contributed by atoms with Crippen LogP contribution < -0.4 is 5.69 Å². The van der Waals surface area contributed by atoms with Gasteiger partial charge in [0.25, 0.3) is 0 Å². The lowest BCUT2D eigenvalue weighted by Gasteiger charge is -1.96. The van der Waals surface area contributed by atoms with Crippen LogP contribution in [0.5, 0.6) is 0 Å². The van der Waals surface area contributed by atoms with Crippen LogP contribution >= 0.6 is 0 Å². The molecule has 2 heterocycles. The number of aromatic nitrogens is 3. The Morgan fingerprint density at radius 2 is 2.36 bits per heavy atom. The molecular weight excluding hydrogens is 182 g/mol. The number of aryl methyl sites for hydroxylation is 1. The van der Waals surface area contributed by atoms with Crippen molar-refractivity contribution < 1.29 is 5.11 Å². The smallest absolute Gasteiger partial charge is 0.330 e. The van der Waals surface area contributed by atoms with Crippen LogP contribution in [0.25, 0.3) is 11.2 Å². The molecule has 1 N–H and O–H groups in total. The van der Waals surface area contributed by atoms with Gasteiger partial charge in [-0.15, -0.1) is 0 Å². The lowest BCUT2D eigenvalue weighted by Crippen LogP contribution is -2.23. The topological polar surface area (TPSA) is 60.0 Å². The van der Waals surface area contributed by atoms with Gasteiger partial charge in [-0.05, 0) is 12.1 Å². The number of hydrogen-bond donors (Lipinski definition) is 1. The Hall–Kier alpha value is -1.62. The zero-order chi connectivity index (χ0) is 10.1. The first kappa shape index (κ1) is 8.96. The van der Waals surface area contributed by atoms with Crippen LogP contribution in [-0.4, -0.2) is 25.8 Å². The van der Waals surface area contributed by atoms with Gasteiger partial charge < -0.3 is 5.11 Å². The minimum absolute atomic E-state index is 0.0599. The first-order valence-corrected chi connectivity index (χ1v) is 4.37. The standard InChI is InChI=1S/C9H11N3O2/c1-11-7-3-2-4-10-8(7)12(5-6-13)9(11)14/h2-4,13H,5-6H2,1H3. The number of nitrogens with zero attached hydrogens (tertiary/aromatic N) is 3. The monoisotopic (exact) mass is 193 g/mol. The molecule has 0 saturated heterocycles. The quantitative estimate of drug-likeness (QED) is 0.714. The fourth-order valence-corrected chi connectivity index (χ4v) is 1.53. The molecule has 74 valence electrons.